The minimum absolute atomic E-state index is 0.0428. The maximum absolute atomic E-state index is 12.5. The van der Waals surface area contributed by atoms with Gasteiger partial charge in [0, 0.05) is 17.7 Å². The summed E-state index contributed by atoms with van der Waals surface area (Å²) in [6, 6.07) is 6.12. The first-order valence-electron chi connectivity index (χ1n) is 7.32. The fourth-order valence-corrected chi connectivity index (χ4v) is 3.08. The molecule has 3 rings (SSSR count). The average Bonchev–Trinajstić information content (AvgIpc) is 3.00. The molecule has 0 aliphatic rings. The third-order valence-corrected chi connectivity index (χ3v) is 4.23. The summed E-state index contributed by atoms with van der Waals surface area (Å²) >= 11 is 1.40. The third kappa shape index (κ3) is 3.13. The van der Waals surface area contributed by atoms with Crippen molar-refractivity contribution >= 4 is 27.2 Å². The van der Waals surface area contributed by atoms with Crippen molar-refractivity contribution in [3.63, 3.8) is 0 Å². The monoisotopic (exact) mass is 345 g/mol. The minimum atomic E-state index is -0.467. The fourth-order valence-electron chi connectivity index (χ4n) is 2.36. The van der Waals surface area contributed by atoms with Crippen LogP contribution in [-0.4, -0.2) is 20.6 Å². The molecule has 0 unspecified atom stereocenters. The summed E-state index contributed by atoms with van der Waals surface area (Å²) in [5, 5.41) is 13.4. The van der Waals surface area contributed by atoms with Crippen LogP contribution >= 0.6 is 11.3 Å². The third-order valence-electron chi connectivity index (χ3n) is 3.41. The zero-order valence-corrected chi connectivity index (χ0v) is 13.9. The number of aromatic nitrogens is 2. The van der Waals surface area contributed by atoms with Gasteiger partial charge in [0.1, 0.15) is 10.6 Å². The van der Waals surface area contributed by atoms with Crippen molar-refractivity contribution in [2.75, 3.05) is 0 Å². The number of nitro benzene ring substituents is 1. The molecule has 0 aliphatic heterocycles. The van der Waals surface area contributed by atoms with Crippen molar-refractivity contribution in [2.45, 2.75) is 26.5 Å². The van der Waals surface area contributed by atoms with E-state index in [1.54, 1.807) is 12.1 Å². The molecule has 0 atom stereocenters. The highest BCUT2D eigenvalue weighted by atomic mass is 32.1. The highest BCUT2D eigenvalue weighted by Crippen LogP contribution is 2.26. The maximum atomic E-state index is 12.5. The number of nitro groups is 1. The van der Waals surface area contributed by atoms with E-state index in [1.165, 1.54) is 34.4 Å². The van der Waals surface area contributed by atoms with Crippen molar-refractivity contribution in [3.05, 3.63) is 62.0 Å². The lowest BCUT2D eigenvalue weighted by molar-refractivity contribution is -0.384. The van der Waals surface area contributed by atoms with Gasteiger partial charge in [-0.05, 0) is 31.4 Å². The molecular formula is C16H15N3O4S. The smallest absolute Gasteiger partial charge is 0.270 e. The zero-order valence-electron chi connectivity index (χ0n) is 13.1. The number of nitrogens with zero attached hydrogens (tertiary/aromatic N) is 3. The van der Waals surface area contributed by atoms with Crippen LogP contribution in [0.25, 0.3) is 10.2 Å². The second-order valence-electron chi connectivity index (χ2n) is 5.53. The molecule has 0 amide bonds. The molecule has 1 aromatic carbocycles. The van der Waals surface area contributed by atoms with Gasteiger partial charge in [0.25, 0.3) is 11.2 Å². The van der Waals surface area contributed by atoms with Crippen LogP contribution < -0.4 is 10.3 Å². The fraction of sp³-hybridized carbons (Fsp3) is 0.250. The molecule has 124 valence electrons. The second kappa shape index (κ2) is 6.40. The second-order valence-corrected chi connectivity index (χ2v) is 6.43. The molecule has 0 spiro atoms. The summed E-state index contributed by atoms with van der Waals surface area (Å²) < 4.78 is 7.14. The Labute approximate surface area is 141 Å². The number of rotatable bonds is 5. The molecule has 0 saturated carbocycles. The van der Waals surface area contributed by atoms with Crippen molar-refractivity contribution in [1.82, 2.24) is 9.55 Å². The Morgan fingerprint density at radius 3 is 2.88 bits per heavy atom. The molecule has 2 aromatic heterocycles. The lowest BCUT2D eigenvalue weighted by Crippen LogP contribution is -2.21. The van der Waals surface area contributed by atoms with Crippen LogP contribution in [-0.2, 0) is 6.54 Å². The maximum Gasteiger partial charge on any atom is 0.270 e. The predicted octanol–water partition coefficient (Wildman–Crippen LogP) is 3.20. The van der Waals surface area contributed by atoms with E-state index in [0.29, 0.717) is 21.5 Å². The van der Waals surface area contributed by atoms with Gasteiger partial charge in [-0.1, -0.05) is 0 Å². The Morgan fingerprint density at radius 2 is 2.17 bits per heavy atom. The first-order valence-corrected chi connectivity index (χ1v) is 8.20. The van der Waals surface area contributed by atoms with Gasteiger partial charge in [-0.15, -0.1) is 11.3 Å². The lowest BCUT2D eigenvalue weighted by Gasteiger charge is -2.15. The molecule has 24 heavy (non-hydrogen) atoms. The number of hydrogen-bond acceptors (Lipinski definition) is 6. The van der Waals surface area contributed by atoms with Crippen molar-refractivity contribution in [2.24, 2.45) is 0 Å². The van der Waals surface area contributed by atoms with Crippen LogP contribution in [0.3, 0.4) is 0 Å². The molecule has 0 N–H and O–H groups in total. The van der Waals surface area contributed by atoms with E-state index in [2.05, 4.69) is 4.98 Å². The lowest BCUT2D eigenvalue weighted by atomic mass is 10.1. The Hall–Kier alpha value is -2.74. The van der Waals surface area contributed by atoms with E-state index in [9.17, 15) is 14.9 Å². The summed E-state index contributed by atoms with van der Waals surface area (Å²) in [6.07, 6.45) is 1.37. The predicted molar refractivity (Wildman–Crippen MR) is 91.8 cm³/mol. The average molecular weight is 345 g/mol. The molecule has 0 radical (unpaired) electrons. The minimum Gasteiger partial charge on any atom is -0.491 e. The van der Waals surface area contributed by atoms with Crippen LogP contribution in [0, 0.1) is 10.1 Å². The molecule has 0 bridgehead atoms. The van der Waals surface area contributed by atoms with Crippen LogP contribution in [0.15, 0.2) is 40.8 Å². The summed E-state index contributed by atoms with van der Waals surface area (Å²) in [7, 11) is 0. The van der Waals surface area contributed by atoms with Gasteiger partial charge in [-0.2, -0.15) is 0 Å². The molecule has 0 aliphatic carbocycles. The van der Waals surface area contributed by atoms with Gasteiger partial charge in [0.15, 0.2) is 0 Å². The highest BCUT2D eigenvalue weighted by molar-refractivity contribution is 7.16. The molecule has 3 aromatic rings. The van der Waals surface area contributed by atoms with E-state index in [4.69, 9.17) is 4.74 Å². The SMILES string of the molecule is CC(C)Oc1ccc([N+](=O)[O-])cc1Cn1cnc2sccc2c1=O. The quantitative estimate of drug-likeness (QED) is 0.523. The Balaban J connectivity index is 2.05. The molecule has 7 nitrogen and oxygen atoms in total. The first-order chi connectivity index (χ1) is 11.5. The number of fused-ring (bicyclic) bond motifs is 1. The highest BCUT2D eigenvalue weighted by Gasteiger charge is 2.15. The van der Waals surface area contributed by atoms with Gasteiger partial charge in [0.2, 0.25) is 0 Å². The van der Waals surface area contributed by atoms with Gasteiger partial charge < -0.3 is 4.74 Å². The van der Waals surface area contributed by atoms with E-state index in [0.717, 1.165) is 0 Å². The molecule has 0 saturated heterocycles. The number of ether oxygens (including phenoxy) is 1. The van der Waals surface area contributed by atoms with Crippen molar-refractivity contribution in [1.29, 1.82) is 0 Å². The van der Waals surface area contributed by atoms with E-state index >= 15 is 0 Å². The zero-order chi connectivity index (χ0) is 17.3. The van der Waals surface area contributed by atoms with Crippen LogP contribution in [0.4, 0.5) is 5.69 Å². The van der Waals surface area contributed by atoms with Crippen LogP contribution in [0.1, 0.15) is 19.4 Å². The normalized spacial score (nSPS) is 11.1. The summed E-state index contributed by atoms with van der Waals surface area (Å²) in [4.78, 5) is 28.0. The number of thiophene rings is 1. The Kier molecular flexibility index (Phi) is 4.30. The summed E-state index contributed by atoms with van der Waals surface area (Å²) in [6.45, 7) is 3.90. The summed E-state index contributed by atoms with van der Waals surface area (Å²) in [5.41, 5.74) is 0.346. The molecule has 8 heteroatoms. The molecule has 0 fully saturated rings. The van der Waals surface area contributed by atoms with E-state index < -0.39 is 4.92 Å². The topological polar surface area (TPSA) is 87.3 Å². The largest absolute Gasteiger partial charge is 0.491 e. The first kappa shape index (κ1) is 16.1. The number of benzene rings is 1. The number of hydrogen-bond donors (Lipinski definition) is 0. The molecule has 2 heterocycles. The number of non-ortho nitro benzene ring substituents is 1. The Morgan fingerprint density at radius 1 is 1.38 bits per heavy atom. The standard InChI is InChI=1S/C16H15N3O4S/c1-10(2)23-14-4-3-12(19(21)22)7-11(14)8-18-9-17-15-13(16(18)20)5-6-24-15/h3-7,9-10H,8H2,1-2H3. The van der Waals surface area contributed by atoms with Gasteiger partial charge in [-0.25, -0.2) is 4.98 Å². The Bertz CT molecular complexity index is 961. The van der Waals surface area contributed by atoms with Crippen molar-refractivity contribution in [3.8, 4) is 5.75 Å². The van der Waals surface area contributed by atoms with E-state index in [-0.39, 0.29) is 23.9 Å². The van der Waals surface area contributed by atoms with Crippen LogP contribution in [0.2, 0.25) is 0 Å². The van der Waals surface area contributed by atoms with Gasteiger partial charge >= 0.3 is 0 Å². The van der Waals surface area contributed by atoms with E-state index in [1.807, 2.05) is 19.2 Å². The molecular weight excluding hydrogens is 330 g/mol. The van der Waals surface area contributed by atoms with Gasteiger partial charge in [-0.3, -0.25) is 19.5 Å². The van der Waals surface area contributed by atoms with Gasteiger partial charge in [0.05, 0.1) is 29.3 Å². The van der Waals surface area contributed by atoms with Crippen LogP contribution in [0.5, 0.6) is 5.75 Å². The van der Waals surface area contributed by atoms with Crippen molar-refractivity contribution < 1.29 is 9.66 Å². The summed E-state index contributed by atoms with van der Waals surface area (Å²) in [5.74, 6) is 0.521.